The van der Waals surface area contributed by atoms with Crippen molar-refractivity contribution in [1.29, 1.82) is 0 Å². The highest BCUT2D eigenvalue weighted by molar-refractivity contribution is 5.79. The van der Waals surface area contributed by atoms with Crippen LogP contribution in [-0.4, -0.2) is 61.7 Å². The van der Waals surface area contributed by atoms with Gasteiger partial charge < -0.3 is 20.4 Å². The van der Waals surface area contributed by atoms with Crippen LogP contribution in [0.2, 0.25) is 0 Å². The van der Waals surface area contributed by atoms with Crippen LogP contribution in [-0.2, 0) is 13.0 Å². The third kappa shape index (κ3) is 6.69. The number of nitrogens with one attached hydrogen (secondary N) is 2. The molecule has 0 aliphatic carbocycles. The number of nitrogens with zero attached hydrogens (tertiary/aromatic N) is 4. The molecule has 6 nitrogen and oxygen atoms in total. The van der Waals surface area contributed by atoms with E-state index in [4.69, 9.17) is 4.99 Å². The molecule has 0 saturated carbocycles. The summed E-state index contributed by atoms with van der Waals surface area (Å²) in [5.74, 6) is 1.60. The number of anilines is 1. The van der Waals surface area contributed by atoms with Gasteiger partial charge in [0.2, 0.25) is 0 Å². The number of hydrogen-bond acceptors (Lipinski definition) is 4. The second-order valence-electron chi connectivity index (χ2n) is 7.45. The standard InChI is InChI=1S/C23H33FN6/c1-3-25-23(27-11-8-19-6-5-7-21(24)16-19)28-18-20-9-10-26-22(17-20)30-14-12-29(4-2)13-15-30/h5-7,9-10,16-17H,3-4,8,11-15,18H2,1-2H3,(H2,25,27,28). The quantitative estimate of drug-likeness (QED) is 0.516. The van der Waals surface area contributed by atoms with E-state index < -0.39 is 0 Å². The molecule has 0 unspecified atom stereocenters. The lowest BCUT2D eigenvalue weighted by atomic mass is 10.1. The lowest BCUT2D eigenvalue weighted by Gasteiger charge is -2.34. The lowest BCUT2D eigenvalue weighted by Crippen LogP contribution is -2.46. The molecule has 0 spiro atoms. The minimum Gasteiger partial charge on any atom is -0.357 e. The van der Waals surface area contributed by atoms with Crippen molar-refractivity contribution in [3.63, 3.8) is 0 Å². The lowest BCUT2D eigenvalue weighted by molar-refractivity contribution is 0.270. The fourth-order valence-electron chi connectivity index (χ4n) is 3.55. The van der Waals surface area contributed by atoms with Crippen molar-refractivity contribution < 1.29 is 4.39 Å². The summed E-state index contributed by atoms with van der Waals surface area (Å²) in [7, 11) is 0. The predicted molar refractivity (Wildman–Crippen MR) is 121 cm³/mol. The maximum atomic E-state index is 13.3. The summed E-state index contributed by atoms with van der Waals surface area (Å²) in [4.78, 5) is 14.1. The van der Waals surface area contributed by atoms with Gasteiger partial charge in [-0.1, -0.05) is 19.1 Å². The molecule has 2 N–H and O–H groups in total. The molecule has 1 aromatic carbocycles. The molecule has 1 aliphatic rings. The van der Waals surface area contributed by atoms with Gasteiger partial charge in [0.05, 0.1) is 6.54 Å². The van der Waals surface area contributed by atoms with E-state index in [0.717, 1.165) is 68.6 Å². The van der Waals surface area contributed by atoms with Gasteiger partial charge in [0.25, 0.3) is 0 Å². The zero-order valence-electron chi connectivity index (χ0n) is 18.1. The zero-order valence-corrected chi connectivity index (χ0v) is 18.1. The Kier molecular flexibility index (Phi) is 8.44. The van der Waals surface area contributed by atoms with E-state index in [2.05, 4.69) is 38.4 Å². The molecule has 1 fully saturated rings. The molecule has 0 bridgehead atoms. The zero-order chi connectivity index (χ0) is 21.2. The fourth-order valence-corrected chi connectivity index (χ4v) is 3.55. The number of aliphatic imine (C=N–C) groups is 1. The van der Waals surface area contributed by atoms with Crippen LogP contribution < -0.4 is 15.5 Å². The number of hydrogen-bond donors (Lipinski definition) is 2. The number of pyridine rings is 1. The van der Waals surface area contributed by atoms with Gasteiger partial charge in [0.15, 0.2) is 5.96 Å². The van der Waals surface area contributed by atoms with Gasteiger partial charge in [-0.25, -0.2) is 14.4 Å². The predicted octanol–water partition coefficient (Wildman–Crippen LogP) is 2.66. The minimum atomic E-state index is -0.197. The minimum absolute atomic E-state index is 0.197. The van der Waals surface area contributed by atoms with E-state index in [-0.39, 0.29) is 5.82 Å². The first-order valence-corrected chi connectivity index (χ1v) is 10.9. The van der Waals surface area contributed by atoms with E-state index >= 15 is 0 Å². The highest BCUT2D eigenvalue weighted by Crippen LogP contribution is 2.15. The third-order valence-corrected chi connectivity index (χ3v) is 5.31. The van der Waals surface area contributed by atoms with Gasteiger partial charge >= 0.3 is 0 Å². The molecule has 3 rings (SSSR count). The first-order valence-electron chi connectivity index (χ1n) is 10.9. The van der Waals surface area contributed by atoms with Crippen molar-refractivity contribution in [2.45, 2.75) is 26.8 Å². The SMILES string of the molecule is CCNC(=NCc1ccnc(N2CCN(CC)CC2)c1)NCCc1cccc(F)c1. The van der Waals surface area contributed by atoms with E-state index in [0.29, 0.717) is 13.1 Å². The van der Waals surface area contributed by atoms with Gasteiger partial charge in [-0.3, -0.25) is 0 Å². The molecular formula is C23H33FN6. The number of piperazine rings is 1. The Morgan fingerprint density at radius 1 is 1.07 bits per heavy atom. The van der Waals surface area contributed by atoms with Crippen LogP contribution >= 0.6 is 0 Å². The molecule has 1 aliphatic heterocycles. The third-order valence-electron chi connectivity index (χ3n) is 5.31. The maximum Gasteiger partial charge on any atom is 0.191 e. The molecule has 0 atom stereocenters. The molecular weight excluding hydrogens is 379 g/mol. The first kappa shape index (κ1) is 22.0. The van der Waals surface area contributed by atoms with E-state index in [9.17, 15) is 4.39 Å². The largest absolute Gasteiger partial charge is 0.357 e. The molecule has 1 saturated heterocycles. The van der Waals surface area contributed by atoms with Gasteiger partial charge in [0.1, 0.15) is 11.6 Å². The maximum absolute atomic E-state index is 13.3. The number of halogens is 1. The summed E-state index contributed by atoms with van der Waals surface area (Å²) in [6, 6.07) is 10.9. The number of guanidine groups is 1. The van der Waals surface area contributed by atoms with Crippen molar-refractivity contribution in [2.75, 3.05) is 50.7 Å². The summed E-state index contributed by atoms with van der Waals surface area (Å²) in [6.45, 7) is 11.6. The Balaban J connectivity index is 1.55. The Morgan fingerprint density at radius 3 is 2.63 bits per heavy atom. The number of aromatic nitrogens is 1. The van der Waals surface area contributed by atoms with Crippen molar-refractivity contribution in [2.24, 2.45) is 4.99 Å². The average molecular weight is 413 g/mol. The van der Waals surface area contributed by atoms with Gasteiger partial charge in [-0.15, -0.1) is 0 Å². The van der Waals surface area contributed by atoms with Crippen LogP contribution in [0.3, 0.4) is 0 Å². The molecule has 162 valence electrons. The molecule has 2 heterocycles. The topological polar surface area (TPSA) is 55.8 Å². The average Bonchev–Trinajstić information content (AvgIpc) is 2.78. The monoisotopic (exact) mass is 412 g/mol. The second-order valence-corrected chi connectivity index (χ2v) is 7.45. The van der Waals surface area contributed by atoms with Crippen molar-refractivity contribution >= 4 is 11.8 Å². The highest BCUT2D eigenvalue weighted by Gasteiger charge is 2.16. The van der Waals surface area contributed by atoms with E-state index in [1.54, 1.807) is 12.1 Å². The number of benzene rings is 1. The van der Waals surface area contributed by atoms with Gasteiger partial charge in [-0.05, 0) is 55.3 Å². The Bertz CT molecular complexity index is 817. The first-order chi connectivity index (χ1) is 14.7. The van der Waals surface area contributed by atoms with Gasteiger partial charge in [0, 0.05) is 45.5 Å². The summed E-state index contributed by atoms with van der Waals surface area (Å²) in [6.07, 6.45) is 2.61. The molecule has 0 radical (unpaired) electrons. The highest BCUT2D eigenvalue weighted by atomic mass is 19.1. The van der Waals surface area contributed by atoms with Crippen molar-refractivity contribution in [1.82, 2.24) is 20.5 Å². The summed E-state index contributed by atoms with van der Waals surface area (Å²) < 4.78 is 13.3. The molecule has 0 amide bonds. The Hall–Kier alpha value is -2.67. The van der Waals surface area contributed by atoms with Crippen molar-refractivity contribution in [3.8, 4) is 0 Å². The van der Waals surface area contributed by atoms with Crippen LogP contribution in [0.15, 0.2) is 47.6 Å². The van der Waals surface area contributed by atoms with Gasteiger partial charge in [-0.2, -0.15) is 0 Å². The summed E-state index contributed by atoms with van der Waals surface area (Å²) >= 11 is 0. The fraction of sp³-hybridized carbons (Fsp3) is 0.478. The molecule has 7 heteroatoms. The molecule has 2 aromatic rings. The van der Waals surface area contributed by atoms with Crippen LogP contribution in [0, 0.1) is 5.82 Å². The smallest absolute Gasteiger partial charge is 0.191 e. The number of likely N-dealkylation sites (N-methyl/N-ethyl adjacent to an activating group) is 1. The van der Waals surface area contributed by atoms with E-state index in [1.807, 2.05) is 25.3 Å². The van der Waals surface area contributed by atoms with Crippen LogP contribution in [0.4, 0.5) is 10.2 Å². The van der Waals surface area contributed by atoms with E-state index in [1.165, 1.54) is 6.07 Å². The second kappa shape index (κ2) is 11.5. The normalized spacial score (nSPS) is 15.3. The molecule has 1 aromatic heterocycles. The van der Waals surface area contributed by atoms with Crippen LogP contribution in [0.5, 0.6) is 0 Å². The summed E-state index contributed by atoms with van der Waals surface area (Å²) in [5, 5.41) is 6.61. The Labute approximate surface area is 179 Å². The van der Waals surface area contributed by atoms with Crippen LogP contribution in [0.1, 0.15) is 25.0 Å². The molecule has 30 heavy (non-hydrogen) atoms. The Morgan fingerprint density at radius 2 is 1.90 bits per heavy atom. The summed E-state index contributed by atoms with van der Waals surface area (Å²) in [5.41, 5.74) is 2.11. The number of rotatable bonds is 8. The van der Waals surface area contributed by atoms with Crippen LogP contribution in [0.25, 0.3) is 0 Å². The van der Waals surface area contributed by atoms with Crippen molar-refractivity contribution in [3.05, 3.63) is 59.5 Å².